The molecule has 34 heavy (non-hydrogen) atoms. The molecule has 1 aliphatic rings. The number of rotatable bonds is 6. The number of hydrogen-bond acceptors (Lipinski definition) is 4. The lowest BCUT2D eigenvalue weighted by Gasteiger charge is -2.36. The molecule has 0 radical (unpaired) electrons. The van der Waals surface area contributed by atoms with Gasteiger partial charge in [-0.25, -0.2) is 0 Å². The zero-order valence-corrected chi connectivity index (χ0v) is 19.0. The van der Waals surface area contributed by atoms with Gasteiger partial charge in [-0.05, 0) is 79.8 Å². The third-order valence-corrected chi connectivity index (χ3v) is 6.28. The summed E-state index contributed by atoms with van der Waals surface area (Å²) in [4.78, 5) is 28.0. The molecule has 6 nitrogen and oxygen atoms in total. The molecule has 1 fully saturated rings. The van der Waals surface area contributed by atoms with E-state index in [4.69, 9.17) is 11.0 Å². The Bertz CT molecular complexity index is 1180. The summed E-state index contributed by atoms with van der Waals surface area (Å²) in [6.07, 6.45) is 3.48. The number of nitrogens with two attached hydrogens (primary N) is 1. The minimum absolute atomic E-state index is 0.0660. The Labute approximate surface area is 200 Å². The highest BCUT2D eigenvalue weighted by molar-refractivity contribution is 6.04. The second-order valence-electron chi connectivity index (χ2n) is 8.71. The summed E-state index contributed by atoms with van der Waals surface area (Å²) in [5.41, 5.74) is 9.39. The van der Waals surface area contributed by atoms with E-state index in [9.17, 15) is 9.59 Å². The maximum Gasteiger partial charge on any atom is 0.255 e. The van der Waals surface area contributed by atoms with Gasteiger partial charge in [0.05, 0.1) is 11.6 Å². The maximum absolute atomic E-state index is 13.5. The van der Waals surface area contributed by atoms with E-state index >= 15 is 0 Å². The van der Waals surface area contributed by atoms with Crippen molar-refractivity contribution in [3.8, 4) is 6.07 Å². The largest absolute Gasteiger partial charge is 0.331 e. The molecule has 0 spiro atoms. The smallest absolute Gasteiger partial charge is 0.255 e. The number of hydrogen-bond donors (Lipinski definition) is 2. The van der Waals surface area contributed by atoms with Crippen LogP contribution in [0.1, 0.15) is 57.5 Å². The van der Waals surface area contributed by atoms with Crippen LogP contribution in [0.25, 0.3) is 0 Å². The van der Waals surface area contributed by atoms with E-state index < -0.39 is 0 Å². The van der Waals surface area contributed by atoms with Crippen molar-refractivity contribution in [2.24, 2.45) is 5.73 Å². The normalized spacial score (nSPS) is 17.4. The minimum Gasteiger partial charge on any atom is -0.331 e. The summed E-state index contributed by atoms with van der Waals surface area (Å²) in [5, 5.41) is 12.0. The van der Waals surface area contributed by atoms with Gasteiger partial charge in [0.15, 0.2) is 0 Å². The second-order valence-corrected chi connectivity index (χ2v) is 8.71. The molecule has 0 heterocycles. The van der Waals surface area contributed by atoms with Gasteiger partial charge in [-0.15, -0.1) is 0 Å². The van der Waals surface area contributed by atoms with Gasteiger partial charge in [0.2, 0.25) is 0 Å². The van der Waals surface area contributed by atoms with Crippen LogP contribution < -0.4 is 11.1 Å². The van der Waals surface area contributed by atoms with Gasteiger partial charge in [-0.3, -0.25) is 9.59 Å². The first-order valence-corrected chi connectivity index (χ1v) is 11.6. The fourth-order valence-electron chi connectivity index (χ4n) is 4.37. The van der Waals surface area contributed by atoms with Gasteiger partial charge in [0.25, 0.3) is 11.8 Å². The first kappa shape index (κ1) is 23.2. The molecule has 1 aliphatic carbocycles. The molecule has 1 saturated carbocycles. The predicted molar refractivity (Wildman–Crippen MR) is 132 cm³/mol. The molecule has 0 atom stereocenters. The number of nitrogens with zero attached hydrogens (tertiary/aromatic N) is 2. The van der Waals surface area contributed by atoms with Crippen LogP contribution in [0.5, 0.6) is 0 Å². The Morgan fingerprint density at radius 2 is 1.62 bits per heavy atom. The van der Waals surface area contributed by atoms with Crippen LogP contribution in [0.3, 0.4) is 0 Å². The summed E-state index contributed by atoms with van der Waals surface area (Å²) < 4.78 is 0. The fourth-order valence-corrected chi connectivity index (χ4v) is 4.37. The van der Waals surface area contributed by atoms with Crippen molar-refractivity contribution < 1.29 is 9.59 Å². The van der Waals surface area contributed by atoms with Gasteiger partial charge < -0.3 is 16.0 Å². The average Bonchev–Trinajstić information content (AvgIpc) is 2.88. The van der Waals surface area contributed by atoms with Crippen molar-refractivity contribution in [2.75, 3.05) is 5.32 Å². The van der Waals surface area contributed by atoms with E-state index in [-0.39, 0.29) is 23.9 Å². The van der Waals surface area contributed by atoms with E-state index in [0.717, 1.165) is 31.2 Å². The van der Waals surface area contributed by atoms with Crippen molar-refractivity contribution >= 4 is 17.5 Å². The average molecular weight is 453 g/mol. The molecule has 6 heteroatoms. The quantitative estimate of drug-likeness (QED) is 0.565. The highest BCUT2D eigenvalue weighted by Gasteiger charge is 2.28. The molecule has 4 rings (SSSR count). The number of nitrogens with one attached hydrogen (secondary N) is 1. The standard InChI is InChI=1S/C28H28N4O2/c29-18-20-9-11-23(12-10-20)28(34)32(26-15-13-24(30)14-16-26)19-21-5-4-8-25(17-21)31-27(33)22-6-2-1-3-7-22/h1-12,17,24,26H,13-16,19,30H2,(H,31,33). The molecule has 3 aromatic carbocycles. The Balaban J connectivity index is 1.55. The molecule has 3 aromatic rings. The molecular weight excluding hydrogens is 424 g/mol. The topological polar surface area (TPSA) is 99.2 Å². The van der Waals surface area contributed by atoms with Gasteiger partial charge in [0.1, 0.15) is 0 Å². The summed E-state index contributed by atoms with van der Waals surface area (Å²) in [7, 11) is 0. The number of carbonyl (C=O) groups is 2. The summed E-state index contributed by atoms with van der Waals surface area (Å²) >= 11 is 0. The molecule has 0 aliphatic heterocycles. The third-order valence-electron chi connectivity index (χ3n) is 6.28. The lowest BCUT2D eigenvalue weighted by molar-refractivity contribution is 0.0606. The Morgan fingerprint density at radius 1 is 0.912 bits per heavy atom. The fraction of sp³-hybridized carbons (Fsp3) is 0.250. The van der Waals surface area contributed by atoms with E-state index in [1.807, 2.05) is 47.4 Å². The van der Waals surface area contributed by atoms with Gasteiger partial charge >= 0.3 is 0 Å². The first-order valence-electron chi connectivity index (χ1n) is 11.6. The second kappa shape index (κ2) is 10.8. The molecule has 0 bridgehead atoms. The highest BCUT2D eigenvalue weighted by atomic mass is 16.2. The van der Waals surface area contributed by atoms with Crippen LogP contribution >= 0.6 is 0 Å². The molecule has 0 saturated heterocycles. The van der Waals surface area contributed by atoms with Crippen LogP contribution in [0.2, 0.25) is 0 Å². The molecule has 3 N–H and O–H groups in total. The molecular formula is C28H28N4O2. The van der Waals surface area contributed by atoms with E-state index in [1.165, 1.54) is 0 Å². The number of benzene rings is 3. The van der Waals surface area contributed by atoms with Crippen molar-refractivity contribution in [2.45, 2.75) is 44.3 Å². The predicted octanol–water partition coefficient (Wildman–Crippen LogP) is 4.72. The Hall–Kier alpha value is -3.95. The lowest BCUT2D eigenvalue weighted by atomic mass is 9.90. The third kappa shape index (κ3) is 5.69. The number of carbonyl (C=O) groups excluding carboxylic acids is 2. The molecule has 172 valence electrons. The summed E-state index contributed by atoms with van der Waals surface area (Å²) in [6, 6.07) is 25.8. The van der Waals surface area contributed by atoms with Crippen LogP contribution in [0.15, 0.2) is 78.9 Å². The van der Waals surface area contributed by atoms with E-state index in [0.29, 0.717) is 28.9 Å². The first-order chi connectivity index (χ1) is 16.5. The number of amides is 2. The molecule has 0 unspecified atom stereocenters. The zero-order valence-electron chi connectivity index (χ0n) is 19.0. The van der Waals surface area contributed by atoms with E-state index in [2.05, 4.69) is 11.4 Å². The minimum atomic E-state index is -0.176. The van der Waals surface area contributed by atoms with Crippen LogP contribution in [-0.2, 0) is 6.54 Å². The van der Waals surface area contributed by atoms with Crippen molar-refractivity contribution in [3.05, 3.63) is 101 Å². The van der Waals surface area contributed by atoms with Crippen LogP contribution in [0, 0.1) is 11.3 Å². The molecule has 0 aromatic heterocycles. The Morgan fingerprint density at radius 3 is 2.29 bits per heavy atom. The van der Waals surface area contributed by atoms with E-state index in [1.54, 1.807) is 36.4 Å². The number of anilines is 1. The summed E-state index contributed by atoms with van der Waals surface area (Å²) in [5.74, 6) is -0.242. The van der Waals surface area contributed by atoms with Crippen LogP contribution in [0.4, 0.5) is 5.69 Å². The zero-order chi connectivity index (χ0) is 23.9. The SMILES string of the molecule is N#Cc1ccc(C(=O)N(Cc2cccc(NC(=O)c3ccccc3)c2)C2CCC(N)CC2)cc1. The van der Waals surface area contributed by atoms with Crippen molar-refractivity contribution in [1.82, 2.24) is 4.90 Å². The summed E-state index contributed by atoms with van der Waals surface area (Å²) in [6.45, 7) is 0.424. The van der Waals surface area contributed by atoms with Gasteiger partial charge in [-0.1, -0.05) is 30.3 Å². The highest BCUT2D eigenvalue weighted by Crippen LogP contribution is 2.26. The van der Waals surface area contributed by atoms with Gasteiger partial charge in [-0.2, -0.15) is 5.26 Å². The molecule has 2 amide bonds. The number of nitriles is 1. The van der Waals surface area contributed by atoms with Gasteiger partial charge in [0, 0.05) is 35.4 Å². The van der Waals surface area contributed by atoms with Crippen molar-refractivity contribution in [1.29, 1.82) is 5.26 Å². The van der Waals surface area contributed by atoms with Crippen molar-refractivity contribution in [3.63, 3.8) is 0 Å². The maximum atomic E-state index is 13.5. The van der Waals surface area contributed by atoms with Crippen LogP contribution in [-0.4, -0.2) is 28.8 Å². The monoisotopic (exact) mass is 452 g/mol. The lowest BCUT2D eigenvalue weighted by Crippen LogP contribution is -2.43. The Kier molecular flexibility index (Phi) is 7.36.